The molecule has 34 heavy (non-hydrogen) atoms. The second-order valence-electron chi connectivity index (χ2n) is 8.67. The van der Waals surface area contributed by atoms with Crippen LogP contribution in [0.2, 0.25) is 0 Å². The van der Waals surface area contributed by atoms with E-state index in [0.717, 1.165) is 48.2 Å². The molecule has 3 aromatic rings. The molecule has 1 saturated heterocycles. The number of nitrogens with two attached hydrogens (primary N) is 1. The Bertz CT molecular complexity index is 1150. The van der Waals surface area contributed by atoms with E-state index in [4.69, 9.17) is 10.5 Å². The maximum atomic E-state index is 12.9. The van der Waals surface area contributed by atoms with E-state index in [-0.39, 0.29) is 18.2 Å². The van der Waals surface area contributed by atoms with E-state index < -0.39 is 0 Å². The fourth-order valence-corrected chi connectivity index (χ4v) is 4.22. The Morgan fingerprint density at radius 1 is 0.971 bits per heavy atom. The molecule has 0 unspecified atom stereocenters. The summed E-state index contributed by atoms with van der Waals surface area (Å²) in [5.74, 6) is 0.572. The number of anilines is 1. The Morgan fingerprint density at radius 2 is 1.74 bits per heavy atom. The number of nitrogens with one attached hydrogen (secondary N) is 1. The normalized spacial score (nSPS) is 13.1. The van der Waals surface area contributed by atoms with Gasteiger partial charge in [0.2, 0.25) is 5.91 Å². The summed E-state index contributed by atoms with van der Waals surface area (Å²) < 4.78 is 6.02. The molecule has 0 radical (unpaired) electrons. The molecular weight excluding hydrogens is 426 g/mol. The van der Waals surface area contributed by atoms with E-state index in [9.17, 15) is 9.59 Å². The first-order valence-electron chi connectivity index (χ1n) is 11.7. The molecule has 1 aliphatic heterocycles. The number of hydrogen-bond donors (Lipinski definition) is 2. The molecule has 4 rings (SSSR count). The summed E-state index contributed by atoms with van der Waals surface area (Å²) in [5, 5.41) is 2.95. The summed E-state index contributed by atoms with van der Waals surface area (Å²) in [4.78, 5) is 27.5. The van der Waals surface area contributed by atoms with Crippen molar-refractivity contribution in [2.45, 2.75) is 39.3 Å². The average molecular weight is 458 g/mol. The summed E-state index contributed by atoms with van der Waals surface area (Å²) in [6.07, 6.45) is 2.27. The van der Waals surface area contributed by atoms with Crippen LogP contribution in [0.3, 0.4) is 0 Å². The quantitative estimate of drug-likeness (QED) is 0.523. The molecule has 176 valence electrons. The summed E-state index contributed by atoms with van der Waals surface area (Å²) in [5.41, 5.74) is 10.8. The van der Waals surface area contributed by atoms with Crippen LogP contribution in [-0.2, 0) is 24.4 Å². The van der Waals surface area contributed by atoms with Gasteiger partial charge in [-0.3, -0.25) is 9.59 Å². The Balaban J connectivity index is 1.43. The minimum absolute atomic E-state index is 0.0617. The summed E-state index contributed by atoms with van der Waals surface area (Å²) in [6, 6.07) is 21.1. The molecular formula is C28H31N3O3. The molecule has 0 aliphatic carbocycles. The van der Waals surface area contributed by atoms with Gasteiger partial charge in [-0.2, -0.15) is 0 Å². The highest BCUT2D eigenvalue weighted by molar-refractivity contribution is 5.97. The van der Waals surface area contributed by atoms with Gasteiger partial charge in [-0.1, -0.05) is 42.5 Å². The third kappa shape index (κ3) is 5.83. The predicted octanol–water partition coefficient (Wildman–Crippen LogP) is 4.45. The lowest BCUT2D eigenvalue weighted by atomic mass is 10.0. The Labute approximate surface area is 200 Å². The SMILES string of the molecule is Cc1cc(NC(=O)Cc2cc(CN)ccc2OCc2ccccc2)ccc1C(=O)N1CCCC1. The molecule has 0 saturated carbocycles. The van der Waals surface area contributed by atoms with Gasteiger partial charge in [0.1, 0.15) is 12.4 Å². The summed E-state index contributed by atoms with van der Waals surface area (Å²) >= 11 is 0. The lowest BCUT2D eigenvalue weighted by molar-refractivity contribution is -0.115. The average Bonchev–Trinajstić information content (AvgIpc) is 3.38. The fraction of sp³-hybridized carbons (Fsp3) is 0.286. The highest BCUT2D eigenvalue weighted by atomic mass is 16.5. The van der Waals surface area contributed by atoms with Gasteiger partial charge in [-0.15, -0.1) is 0 Å². The van der Waals surface area contributed by atoms with Crippen molar-refractivity contribution in [2.75, 3.05) is 18.4 Å². The third-order valence-corrected chi connectivity index (χ3v) is 6.08. The molecule has 1 aliphatic rings. The fourth-order valence-electron chi connectivity index (χ4n) is 4.22. The van der Waals surface area contributed by atoms with Crippen LogP contribution in [-0.4, -0.2) is 29.8 Å². The van der Waals surface area contributed by atoms with E-state index >= 15 is 0 Å². The van der Waals surface area contributed by atoms with Crippen molar-refractivity contribution < 1.29 is 14.3 Å². The van der Waals surface area contributed by atoms with Gasteiger partial charge < -0.3 is 20.7 Å². The van der Waals surface area contributed by atoms with Gasteiger partial charge in [0.25, 0.3) is 5.91 Å². The molecule has 3 N–H and O–H groups in total. The number of hydrogen-bond acceptors (Lipinski definition) is 4. The van der Waals surface area contributed by atoms with Gasteiger partial charge in [-0.25, -0.2) is 0 Å². The monoisotopic (exact) mass is 457 g/mol. The van der Waals surface area contributed by atoms with Gasteiger partial charge in [-0.05, 0) is 60.7 Å². The predicted molar refractivity (Wildman–Crippen MR) is 134 cm³/mol. The molecule has 1 heterocycles. The summed E-state index contributed by atoms with van der Waals surface area (Å²) in [7, 11) is 0. The second-order valence-corrected chi connectivity index (χ2v) is 8.67. The zero-order valence-electron chi connectivity index (χ0n) is 19.5. The lowest BCUT2D eigenvalue weighted by Crippen LogP contribution is -2.28. The van der Waals surface area contributed by atoms with E-state index in [0.29, 0.717) is 30.2 Å². The van der Waals surface area contributed by atoms with Crippen LogP contribution in [0.15, 0.2) is 66.7 Å². The number of aryl methyl sites for hydroxylation is 1. The van der Waals surface area contributed by atoms with Gasteiger partial charge in [0.05, 0.1) is 6.42 Å². The smallest absolute Gasteiger partial charge is 0.254 e. The zero-order chi connectivity index (χ0) is 23.9. The Kier molecular flexibility index (Phi) is 7.60. The van der Waals surface area contributed by atoms with E-state index in [1.165, 1.54) is 0 Å². The third-order valence-electron chi connectivity index (χ3n) is 6.08. The molecule has 6 heteroatoms. The highest BCUT2D eigenvalue weighted by Gasteiger charge is 2.21. The first-order chi connectivity index (χ1) is 16.5. The first kappa shape index (κ1) is 23.5. The van der Waals surface area contributed by atoms with Crippen molar-refractivity contribution in [1.29, 1.82) is 0 Å². The lowest BCUT2D eigenvalue weighted by Gasteiger charge is -2.17. The van der Waals surface area contributed by atoms with Crippen molar-refractivity contribution >= 4 is 17.5 Å². The molecule has 0 aromatic heterocycles. The zero-order valence-corrected chi connectivity index (χ0v) is 19.5. The molecule has 0 atom stereocenters. The largest absolute Gasteiger partial charge is 0.489 e. The van der Waals surface area contributed by atoms with Crippen LogP contribution in [0.5, 0.6) is 5.75 Å². The van der Waals surface area contributed by atoms with Gasteiger partial charge in [0, 0.05) is 36.4 Å². The molecule has 6 nitrogen and oxygen atoms in total. The molecule has 0 bridgehead atoms. The van der Waals surface area contributed by atoms with Crippen LogP contribution in [0, 0.1) is 6.92 Å². The number of rotatable bonds is 8. The number of likely N-dealkylation sites (tertiary alicyclic amines) is 1. The van der Waals surface area contributed by atoms with Crippen LogP contribution in [0.1, 0.15) is 45.5 Å². The summed E-state index contributed by atoms with van der Waals surface area (Å²) in [6.45, 7) is 4.34. The maximum Gasteiger partial charge on any atom is 0.254 e. The van der Waals surface area contributed by atoms with E-state index in [1.807, 2.05) is 66.4 Å². The Morgan fingerprint density at radius 3 is 2.44 bits per heavy atom. The minimum Gasteiger partial charge on any atom is -0.489 e. The van der Waals surface area contributed by atoms with E-state index in [2.05, 4.69) is 5.32 Å². The molecule has 0 spiro atoms. The van der Waals surface area contributed by atoms with Gasteiger partial charge >= 0.3 is 0 Å². The van der Waals surface area contributed by atoms with Crippen molar-refractivity contribution in [3.63, 3.8) is 0 Å². The molecule has 2 amide bonds. The number of ether oxygens (including phenoxy) is 1. The van der Waals surface area contributed by atoms with Crippen molar-refractivity contribution in [3.05, 3.63) is 94.5 Å². The second kappa shape index (κ2) is 11.0. The van der Waals surface area contributed by atoms with Crippen LogP contribution < -0.4 is 15.8 Å². The van der Waals surface area contributed by atoms with Crippen molar-refractivity contribution in [1.82, 2.24) is 4.90 Å². The Hall–Kier alpha value is -3.64. The number of benzene rings is 3. The van der Waals surface area contributed by atoms with Crippen molar-refractivity contribution in [3.8, 4) is 5.75 Å². The number of amides is 2. The standard InChI is InChI=1S/C28H31N3O3/c1-20-15-24(10-11-25(20)28(33)31-13-5-6-14-31)30-27(32)17-23-16-22(18-29)9-12-26(23)34-19-21-7-3-2-4-8-21/h2-4,7-12,15-16H,5-6,13-14,17-19,29H2,1H3,(H,30,32). The van der Waals surface area contributed by atoms with Crippen LogP contribution in [0.25, 0.3) is 0 Å². The highest BCUT2D eigenvalue weighted by Crippen LogP contribution is 2.24. The minimum atomic E-state index is -0.156. The van der Waals surface area contributed by atoms with E-state index in [1.54, 1.807) is 12.1 Å². The van der Waals surface area contributed by atoms with Crippen LogP contribution >= 0.6 is 0 Å². The first-order valence-corrected chi connectivity index (χ1v) is 11.7. The molecule has 1 fully saturated rings. The van der Waals surface area contributed by atoms with Gasteiger partial charge in [0.15, 0.2) is 0 Å². The number of carbonyl (C=O) groups is 2. The van der Waals surface area contributed by atoms with Crippen LogP contribution in [0.4, 0.5) is 5.69 Å². The topological polar surface area (TPSA) is 84.7 Å². The maximum absolute atomic E-state index is 12.9. The number of nitrogens with zero attached hydrogens (tertiary/aromatic N) is 1. The molecule has 3 aromatic carbocycles. The van der Waals surface area contributed by atoms with Crippen molar-refractivity contribution in [2.24, 2.45) is 5.73 Å². The number of carbonyl (C=O) groups excluding carboxylic acids is 2.